The van der Waals surface area contributed by atoms with Gasteiger partial charge in [0, 0.05) is 45.3 Å². The lowest BCUT2D eigenvalue weighted by molar-refractivity contribution is 0.0195. The maximum absolute atomic E-state index is 5.50. The molecule has 2 aliphatic rings. The number of likely N-dealkylation sites (tertiary alicyclic amines) is 1. The molecule has 150 valence electrons. The van der Waals surface area contributed by atoms with Gasteiger partial charge in [-0.1, -0.05) is 17.7 Å². The maximum atomic E-state index is 5.50. The first-order valence-electron chi connectivity index (χ1n) is 10.2. The van der Waals surface area contributed by atoms with E-state index in [-0.39, 0.29) is 0 Å². The van der Waals surface area contributed by atoms with Crippen LogP contribution in [-0.2, 0) is 11.2 Å². The fraction of sp³-hybridized carbons (Fsp3) is 0.667. The Labute approximate surface area is 163 Å². The van der Waals surface area contributed by atoms with Crippen LogP contribution in [0.5, 0.6) is 5.75 Å². The molecule has 0 bridgehead atoms. The van der Waals surface area contributed by atoms with Crippen LogP contribution in [0.4, 0.5) is 0 Å². The number of aryl methyl sites for hydroxylation is 1. The molecule has 0 saturated carbocycles. The summed E-state index contributed by atoms with van der Waals surface area (Å²) >= 11 is 0. The molecule has 1 N–H and O–H groups in total. The number of morpholine rings is 1. The smallest absolute Gasteiger partial charge is 0.193 e. The molecule has 2 aliphatic heterocycles. The third-order valence-corrected chi connectivity index (χ3v) is 5.44. The van der Waals surface area contributed by atoms with Gasteiger partial charge >= 0.3 is 0 Å². The highest BCUT2D eigenvalue weighted by Gasteiger charge is 2.30. The maximum Gasteiger partial charge on any atom is 0.193 e. The standard InChI is InChI=1S/C21H34N4O2/c1-4-22-21(23-9-7-18-15-17(2)5-6-20(18)26-3)25-10-8-19(16-25)24-11-13-27-14-12-24/h5-6,15,19H,4,7-14,16H2,1-3H3,(H,22,23). The molecule has 6 heteroatoms. The van der Waals surface area contributed by atoms with Crippen molar-refractivity contribution >= 4 is 5.96 Å². The third-order valence-electron chi connectivity index (χ3n) is 5.44. The molecule has 2 saturated heterocycles. The van der Waals surface area contributed by atoms with Crippen LogP contribution in [0.15, 0.2) is 23.2 Å². The van der Waals surface area contributed by atoms with Gasteiger partial charge < -0.3 is 19.7 Å². The SMILES string of the molecule is CCNC(=NCCc1cc(C)ccc1OC)N1CCC(N2CCOCC2)C1. The van der Waals surface area contributed by atoms with Crippen LogP contribution in [0.3, 0.4) is 0 Å². The molecule has 1 aromatic carbocycles. The Morgan fingerprint density at radius 2 is 2.11 bits per heavy atom. The Bertz CT molecular complexity index is 629. The highest BCUT2D eigenvalue weighted by Crippen LogP contribution is 2.20. The Kier molecular flexibility index (Phi) is 7.35. The van der Waals surface area contributed by atoms with E-state index in [1.165, 1.54) is 17.5 Å². The number of nitrogens with one attached hydrogen (secondary N) is 1. The molecule has 0 aromatic heterocycles. The first kappa shape index (κ1) is 20.0. The first-order chi connectivity index (χ1) is 13.2. The van der Waals surface area contributed by atoms with E-state index in [0.717, 1.165) is 70.6 Å². The van der Waals surface area contributed by atoms with Crippen LogP contribution < -0.4 is 10.1 Å². The van der Waals surface area contributed by atoms with Gasteiger partial charge in [0.25, 0.3) is 0 Å². The van der Waals surface area contributed by atoms with Crippen molar-refractivity contribution in [3.63, 3.8) is 0 Å². The number of nitrogens with zero attached hydrogens (tertiary/aromatic N) is 3. The van der Waals surface area contributed by atoms with Crippen molar-refractivity contribution in [3.05, 3.63) is 29.3 Å². The van der Waals surface area contributed by atoms with E-state index in [2.05, 4.69) is 41.1 Å². The summed E-state index contributed by atoms with van der Waals surface area (Å²) < 4.78 is 11.0. The number of hydrogen-bond acceptors (Lipinski definition) is 4. The van der Waals surface area contributed by atoms with Gasteiger partial charge in [0.15, 0.2) is 5.96 Å². The zero-order chi connectivity index (χ0) is 19.1. The van der Waals surface area contributed by atoms with E-state index >= 15 is 0 Å². The molecule has 0 radical (unpaired) electrons. The predicted octanol–water partition coefficient (Wildman–Crippen LogP) is 1.92. The molecule has 2 fully saturated rings. The van der Waals surface area contributed by atoms with E-state index in [9.17, 15) is 0 Å². The summed E-state index contributed by atoms with van der Waals surface area (Å²) in [5.41, 5.74) is 2.49. The molecule has 27 heavy (non-hydrogen) atoms. The van der Waals surface area contributed by atoms with Gasteiger partial charge in [-0.2, -0.15) is 0 Å². The molecule has 0 spiro atoms. The van der Waals surface area contributed by atoms with Crippen LogP contribution >= 0.6 is 0 Å². The largest absolute Gasteiger partial charge is 0.496 e. The van der Waals surface area contributed by atoms with Gasteiger partial charge in [-0.3, -0.25) is 9.89 Å². The minimum absolute atomic E-state index is 0.620. The number of aliphatic imine (C=N–C) groups is 1. The Balaban J connectivity index is 1.59. The number of ether oxygens (including phenoxy) is 2. The zero-order valence-corrected chi connectivity index (χ0v) is 17.0. The minimum Gasteiger partial charge on any atom is -0.496 e. The van der Waals surface area contributed by atoms with Crippen LogP contribution in [0.1, 0.15) is 24.5 Å². The van der Waals surface area contributed by atoms with Crippen molar-refractivity contribution in [3.8, 4) is 5.75 Å². The Morgan fingerprint density at radius 1 is 1.30 bits per heavy atom. The molecule has 0 aliphatic carbocycles. The zero-order valence-electron chi connectivity index (χ0n) is 17.0. The number of guanidine groups is 1. The Hall–Kier alpha value is -1.79. The molecule has 3 rings (SSSR count). The predicted molar refractivity (Wildman–Crippen MR) is 110 cm³/mol. The monoisotopic (exact) mass is 374 g/mol. The van der Waals surface area contributed by atoms with Gasteiger partial charge in [0.05, 0.1) is 20.3 Å². The van der Waals surface area contributed by atoms with Crippen molar-refractivity contribution in [2.45, 2.75) is 32.7 Å². The van der Waals surface area contributed by atoms with E-state index in [1.807, 2.05) is 6.07 Å². The van der Waals surface area contributed by atoms with Crippen LogP contribution in [-0.4, -0.2) is 81.4 Å². The van der Waals surface area contributed by atoms with Gasteiger partial charge in [-0.15, -0.1) is 0 Å². The van der Waals surface area contributed by atoms with Crippen molar-refractivity contribution < 1.29 is 9.47 Å². The number of hydrogen-bond donors (Lipinski definition) is 1. The molecule has 1 atom stereocenters. The molecule has 2 heterocycles. The lowest BCUT2D eigenvalue weighted by Crippen LogP contribution is -2.46. The molecule has 6 nitrogen and oxygen atoms in total. The van der Waals surface area contributed by atoms with E-state index in [0.29, 0.717) is 6.04 Å². The lowest BCUT2D eigenvalue weighted by Gasteiger charge is -2.32. The van der Waals surface area contributed by atoms with Gasteiger partial charge in [-0.25, -0.2) is 0 Å². The lowest BCUT2D eigenvalue weighted by atomic mass is 10.1. The summed E-state index contributed by atoms with van der Waals surface area (Å²) in [5, 5.41) is 3.48. The van der Waals surface area contributed by atoms with Gasteiger partial charge in [0.2, 0.25) is 0 Å². The van der Waals surface area contributed by atoms with E-state index in [4.69, 9.17) is 14.5 Å². The number of methoxy groups -OCH3 is 1. The van der Waals surface area contributed by atoms with E-state index < -0.39 is 0 Å². The average Bonchev–Trinajstić information content (AvgIpc) is 3.18. The van der Waals surface area contributed by atoms with Crippen LogP contribution in [0.2, 0.25) is 0 Å². The highest BCUT2D eigenvalue weighted by atomic mass is 16.5. The normalized spacial score (nSPS) is 21.5. The molecule has 1 aromatic rings. The molecule has 1 unspecified atom stereocenters. The summed E-state index contributed by atoms with van der Waals surface area (Å²) in [6, 6.07) is 6.96. The minimum atomic E-state index is 0.620. The quantitative estimate of drug-likeness (QED) is 0.609. The number of rotatable bonds is 6. The second-order valence-corrected chi connectivity index (χ2v) is 7.34. The van der Waals surface area contributed by atoms with Crippen molar-refractivity contribution in [2.75, 3.05) is 59.6 Å². The summed E-state index contributed by atoms with van der Waals surface area (Å²) in [5.74, 6) is 1.99. The summed E-state index contributed by atoms with van der Waals surface area (Å²) in [4.78, 5) is 9.90. The Morgan fingerprint density at radius 3 is 2.85 bits per heavy atom. The second kappa shape index (κ2) is 9.95. The second-order valence-electron chi connectivity index (χ2n) is 7.34. The summed E-state index contributed by atoms with van der Waals surface area (Å²) in [7, 11) is 1.73. The van der Waals surface area contributed by atoms with E-state index in [1.54, 1.807) is 7.11 Å². The fourth-order valence-corrected chi connectivity index (χ4v) is 3.99. The highest BCUT2D eigenvalue weighted by molar-refractivity contribution is 5.80. The van der Waals surface area contributed by atoms with Crippen molar-refractivity contribution in [1.82, 2.24) is 15.1 Å². The third kappa shape index (κ3) is 5.36. The topological polar surface area (TPSA) is 49.3 Å². The molecular weight excluding hydrogens is 340 g/mol. The van der Waals surface area contributed by atoms with Gasteiger partial charge in [-0.05, 0) is 38.3 Å². The van der Waals surface area contributed by atoms with Crippen LogP contribution in [0.25, 0.3) is 0 Å². The molecule has 0 amide bonds. The van der Waals surface area contributed by atoms with Gasteiger partial charge in [0.1, 0.15) is 5.75 Å². The fourth-order valence-electron chi connectivity index (χ4n) is 3.99. The van der Waals surface area contributed by atoms with Crippen molar-refractivity contribution in [2.24, 2.45) is 4.99 Å². The van der Waals surface area contributed by atoms with Crippen molar-refractivity contribution in [1.29, 1.82) is 0 Å². The number of benzene rings is 1. The van der Waals surface area contributed by atoms with Crippen LogP contribution in [0, 0.1) is 6.92 Å². The average molecular weight is 375 g/mol. The first-order valence-corrected chi connectivity index (χ1v) is 10.2. The summed E-state index contributed by atoms with van der Waals surface area (Å²) in [6.07, 6.45) is 2.09. The molecular formula is C21H34N4O2. The summed E-state index contributed by atoms with van der Waals surface area (Å²) in [6.45, 7) is 11.9.